The van der Waals surface area contributed by atoms with Crippen molar-refractivity contribution in [3.8, 4) is 5.75 Å². The maximum atomic E-state index is 13.2. The molecule has 0 aliphatic heterocycles. The minimum atomic E-state index is -0.415. The Labute approximate surface area is 84.3 Å². The van der Waals surface area contributed by atoms with Crippen LogP contribution in [0.3, 0.4) is 0 Å². The monoisotopic (exact) mass is 243 g/mol. The molecule has 4 heteroatoms. The summed E-state index contributed by atoms with van der Waals surface area (Å²) in [5.41, 5.74) is 0.306. The lowest BCUT2D eigenvalue weighted by Gasteiger charge is -2.05. The zero-order valence-electron chi connectivity index (χ0n) is 6.97. The smallest absolute Gasteiger partial charge is 0.246 e. The summed E-state index contributed by atoms with van der Waals surface area (Å²) >= 11 is 3.14. The molecule has 0 saturated carbocycles. The molecule has 0 amide bonds. The second-order valence-corrected chi connectivity index (χ2v) is 3.30. The molecule has 2 nitrogen and oxygen atoms in total. The van der Waals surface area contributed by atoms with E-state index >= 15 is 0 Å². The van der Waals surface area contributed by atoms with Gasteiger partial charge in [-0.2, -0.15) is 0 Å². The first-order chi connectivity index (χ1) is 6.19. The van der Waals surface area contributed by atoms with E-state index in [9.17, 15) is 4.39 Å². The van der Waals surface area contributed by atoms with Crippen molar-refractivity contribution in [2.45, 2.75) is 6.54 Å². The van der Waals surface area contributed by atoms with Crippen molar-refractivity contribution < 1.29 is 9.13 Å². The summed E-state index contributed by atoms with van der Waals surface area (Å²) in [6.45, 7) is 6.66. The Morgan fingerprint density at radius 1 is 1.62 bits per heavy atom. The van der Waals surface area contributed by atoms with Gasteiger partial charge >= 0.3 is 0 Å². The van der Waals surface area contributed by atoms with Gasteiger partial charge in [0.1, 0.15) is 17.1 Å². The molecule has 0 fully saturated rings. The lowest BCUT2D eigenvalue weighted by atomic mass is 10.2. The molecule has 0 bridgehead atoms. The normalized spacial score (nSPS) is 9.38. The van der Waals surface area contributed by atoms with Gasteiger partial charge in [0.15, 0.2) is 0 Å². The molecule has 0 saturated heterocycles. The second kappa shape index (κ2) is 4.24. The summed E-state index contributed by atoms with van der Waals surface area (Å²) < 4.78 is 18.8. The van der Waals surface area contributed by atoms with Crippen LogP contribution >= 0.6 is 15.9 Å². The highest BCUT2D eigenvalue weighted by atomic mass is 79.9. The summed E-state index contributed by atoms with van der Waals surface area (Å²) in [6.07, 6.45) is 0. The molecule has 1 rings (SSSR count). The molecule has 13 heavy (non-hydrogen) atoms. The van der Waals surface area contributed by atoms with Gasteiger partial charge in [0.25, 0.3) is 0 Å². The minimum absolute atomic E-state index is 0.00227. The fourth-order valence-electron chi connectivity index (χ4n) is 0.995. The molecule has 68 valence electrons. The van der Waals surface area contributed by atoms with E-state index in [1.54, 1.807) is 6.07 Å². The van der Waals surface area contributed by atoms with Crippen LogP contribution in [0.25, 0.3) is 4.85 Å². The van der Waals surface area contributed by atoms with E-state index in [4.69, 9.17) is 11.3 Å². The van der Waals surface area contributed by atoms with Crippen molar-refractivity contribution in [2.75, 3.05) is 7.11 Å². The van der Waals surface area contributed by atoms with E-state index in [1.165, 1.54) is 13.2 Å². The molecule has 0 radical (unpaired) electrons. The van der Waals surface area contributed by atoms with Gasteiger partial charge in [-0.05, 0) is 12.1 Å². The van der Waals surface area contributed by atoms with E-state index < -0.39 is 5.82 Å². The van der Waals surface area contributed by atoms with Gasteiger partial charge in [-0.15, -0.1) is 0 Å². The summed E-state index contributed by atoms with van der Waals surface area (Å²) in [5.74, 6) is -0.00917. The van der Waals surface area contributed by atoms with Crippen LogP contribution in [-0.4, -0.2) is 7.11 Å². The maximum Gasteiger partial charge on any atom is 0.246 e. The molecule has 0 atom stereocenters. The number of halogens is 2. The standard InChI is InChI=1S/C9H7BrFNO/c1-12-5-7-8(11)3-6(10)4-9(7)13-2/h3-4H,5H2,2H3. The molecular formula is C9H7BrFNO. The van der Waals surface area contributed by atoms with Crippen LogP contribution in [-0.2, 0) is 6.54 Å². The number of benzene rings is 1. The van der Waals surface area contributed by atoms with Crippen LogP contribution in [0, 0.1) is 12.4 Å². The third kappa shape index (κ3) is 2.19. The molecule has 0 heterocycles. The molecule has 0 aromatic heterocycles. The molecule has 0 unspecified atom stereocenters. The van der Waals surface area contributed by atoms with E-state index in [0.29, 0.717) is 15.8 Å². The van der Waals surface area contributed by atoms with Gasteiger partial charge < -0.3 is 9.58 Å². The summed E-state index contributed by atoms with van der Waals surface area (Å²) in [6, 6.07) is 2.96. The van der Waals surface area contributed by atoms with Crippen molar-refractivity contribution >= 4 is 15.9 Å². The minimum Gasteiger partial charge on any atom is -0.496 e. The van der Waals surface area contributed by atoms with Crippen molar-refractivity contribution in [1.29, 1.82) is 0 Å². The molecule has 0 aliphatic rings. The number of methoxy groups -OCH3 is 1. The number of ether oxygens (including phenoxy) is 1. The van der Waals surface area contributed by atoms with Gasteiger partial charge in [0.2, 0.25) is 6.54 Å². The van der Waals surface area contributed by atoms with Crippen LogP contribution in [0.1, 0.15) is 5.56 Å². The third-order valence-electron chi connectivity index (χ3n) is 1.58. The zero-order chi connectivity index (χ0) is 9.84. The zero-order valence-corrected chi connectivity index (χ0v) is 8.56. The quantitative estimate of drug-likeness (QED) is 0.729. The Bertz CT molecular complexity index is 359. The Kier molecular flexibility index (Phi) is 3.26. The molecular weight excluding hydrogens is 237 g/mol. The van der Waals surface area contributed by atoms with Gasteiger partial charge in [-0.25, -0.2) is 11.0 Å². The molecule has 1 aromatic carbocycles. The Balaban J connectivity index is 3.23. The van der Waals surface area contributed by atoms with E-state index in [2.05, 4.69) is 20.8 Å². The van der Waals surface area contributed by atoms with Crippen molar-refractivity contribution in [1.82, 2.24) is 0 Å². The first-order valence-electron chi connectivity index (χ1n) is 3.54. The first-order valence-corrected chi connectivity index (χ1v) is 4.33. The predicted molar refractivity (Wildman–Crippen MR) is 51.0 cm³/mol. The first kappa shape index (κ1) is 10.0. The number of hydrogen-bond donors (Lipinski definition) is 0. The van der Waals surface area contributed by atoms with Crippen LogP contribution in [0.2, 0.25) is 0 Å². The molecule has 0 N–H and O–H groups in total. The van der Waals surface area contributed by atoms with Crippen LogP contribution in [0.15, 0.2) is 16.6 Å². The lowest BCUT2D eigenvalue weighted by Crippen LogP contribution is -1.94. The van der Waals surface area contributed by atoms with Crippen molar-refractivity contribution in [2.24, 2.45) is 0 Å². The van der Waals surface area contributed by atoms with Crippen LogP contribution in [0.5, 0.6) is 5.75 Å². The van der Waals surface area contributed by atoms with Gasteiger partial charge in [-0.3, -0.25) is 0 Å². The van der Waals surface area contributed by atoms with Gasteiger partial charge in [0, 0.05) is 4.47 Å². The lowest BCUT2D eigenvalue weighted by molar-refractivity contribution is 0.405. The predicted octanol–water partition coefficient (Wildman–Crippen LogP) is 3.02. The molecule has 0 aliphatic carbocycles. The fraction of sp³-hybridized carbons (Fsp3) is 0.222. The van der Waals surface area contributed by atoms with Crippen LogP contribution < -0.4 is 4.74 Å². The topological polar surface area (TPSA) is 13.6 Å². The average Bonchev–Trinajstić information content (AvgIpc) is 2.09. The number of nitrogens with zero attached hydrogens (tertiary/aromatic N) is 1. The number of hydrogen-bond acceptors (Lipinski definition) is 1. The summed E-state index contributed by atoms with van der Waals surface area (Å²) in [5, 5.41) is 0. The van der Waals surface area contributed by atoms with Gasteiger partial charge in [0.05, 0.1) is 7.11 Å². The summed E-state index contributed by atoms with van der Waals surface area (Å²) in [4.78, 5) is 3.12. The Morgan fingerprint density at radius 3 is 2.85 bits per heavy atom. The largest absolute Gasteiger partial charge is 0.496 e. The van der Waals surface area contributed by atoms with Crippen molar-refractivity contribution in [3.63, 3.8) is 0 Å². The van der Waals surface area contributed by atoms with E-state index in [1.807, 2.05) is 0 Å². The fourth-order valence-corrected chi connectivity index (χ4v) is 1.40. The molecule has 1 aromatic rings. The maximum absolute atomic E-state index is 13.2. The highest BCUT2D eigenvalue weighted by Gasteiger charge is 2.12. The second-order valence-electron chi connectivity index (χ2n) is 2.38. The Morgan fingerprint density at radius 2 is 2.31 bits per heavy atom. The Hall–Kier alpha value is -1.08. The number of rotatable bonds is 2. The van der Waals surface area contributed by atoms with Gasteiger partial charge in [-0.1, -0.05) is 15.9 Å². The highest BCUT2D eigenvalue weighted by Crippen LogP contribution is 2.27. The highest BCUT2D eigenvalue weighted by molar-refractivity contribution is 9.10. The average molecular weight is 244 g/mol. The van der Waals surface area contributed by atoms with Crippen molar-refractivity contribution in [3.05, 3.63) is 39.4 Å². The third-order valence-corrected chi connectivity index (χ3v) is 2.03. The van der Waals surface area contributed by atoms with Crippen LogP contribution in [0.4, 0.5) is 4.39 Å². The summed E-state index contributed by atoms with van der Waals surface area (Å²) in [7, 11) is 1.45. The van der Waals surface area contributed by atoms with E-state index in [-0.39, 0.29) is 6.54 Å². The molecule has 0 spiro atoms. The SMILES string of the molecule is [C-]#[N+]Cc1c(F)cc(Br)cc1OC. The van der Waals surface area contributed by atoms with E-state index in [0.717, 1.165) is 0 Å².